The number of allylic oxidation sites excluding steroid dienone is 4. The number of Topliss-reactive ketones (excluding diaryl/α,β-unsaturated/α-hetero) is 2. The highest BCUT2D eigenvalue weighted by Gasteiger charge is 2.47. The van der Waals surface area contributed by atoms with Crippen molar-refractivity contribution in [2.75, 3.05) is 6.54 Å². The average Bonchev–Trinajstić information content (AvgIpc) is 2.47. The predicted octanol–water partition coefficient (Wildman–Crippen LogP) is 5.19. The highest BCUT2D eigenvalue weighted by atomic mass is 16.1. The molecule has 0 aromatic rings. The Labute approximate surface area is 158 Å². The van der Waals surface area contributed by atoms with Gasteiger partial charge in [0, 0.05) is 47.8 Å². The van der Waals surface area contributed by atoms with Gasteiger partial charge in [0.2, 0.25) is 0 Å². The normalized spacial score (nSPS) is 25.3. The summed E-state index contributed by atoms with van der Waals surface area (Å²) in [5.74, 6) is 0.485. The van der Waals surface area contributed by atoms with Gasteiger partial charge >= 0.3 is 0 Å². The Morgan fingerprint density at radius 3 is 1.81 bits per heavy atom. The number of carbonyl (C=O) groups is 2. The Morgan fingerprint density at radius 1 is 0.962 bits per heavy atom. The minimum absolute atomic E-state index is 0.00161. The molecule has 0 amide bonds. The Balaban J connectivity index is 2.21. The van der Waals surface area contributed by atoms with Gasteiger partial charge in [-0.3, -0.25) is 9.59 Å². The fourth-order valence-corrected chi connectivity index (χ4v) is 5.11. The quantitative estimate of drug-likeness (QED) is 0.651. The Bertz CT molecular complexity index is 666. The van der Waals surface area contributed by atoms with Crippen LogP contribution in [-0.4, -0.2) is 23.0 Å². The van der Waals surface area contributed by atoms with Gasteiger partial charge in [-0.2, -0.15) is 0 Å². The van der Waals surface area contributed by atoms with Crippen molar-refractivity contribution in [1.82, 2.24) is 4.90 Å². The van der Waals surface area contributed by atoms with E-state index in [1.54, 1.807) is 0 Å². The summed E-state index contributed by atoms with van der Waals surface area (Å²) in [5, 5.41) is 0. The fourth-order valence-electron chi connectivity index (χ4n) is 5.11. The van der Waals surface area contributed by atoms with Crippen LogP contribution in [0, 0.1) is 16.7 Å². The summed E-state index contributed by atoms with van der Waals surface area (Å²) in [6.45, 7) is 15.5. The second-order valence-corrected chi connectivity index (χ2v) is 9.84. The zero-order valence-corrected chi connectivity index (χ0v) is 17.1. The third-order valence-electron chi connectivity index (χ3n) is 6.03. The lowest BCUT2D eigenvalue weighted by atomic mass is 9.64. The van der Waals surface area contributed by atoms with E-state index in [0.717, 1.165) is 48.2 Å². The molecule has 1 aliphatic heterocycles. The van der Waals surface area contributed by atoms with Crippen molar-refractivity contribution in [3.8, 4) is 0 Å². The van der Waals surface area contributed by atoms with Crippen LogP contribution in [0.4, 0.5) is 0 Å². The smallest absolute Gasteiger partial charge is 0.161 e. The monoisotopic (exact) mass is 355 g/mol. The Hall–Kier alpha value is -1.64. The Kier molecular flexibility index (Phi) is 4.79. The second-order valence-electron chi connectivity index (χ2n) is 9.84. The summed E-state index contributed by atoms with van der Waals surface area (Å²) >= 11 is 0. The van der Waals surface area contributed by atoms with Gasteiger partial charge in [-0.15, -0.1) is 6.58 Å². The van der Waals surface area contributed by atoms with Crippen molar-refractivity contribution >= 4 is 11.6 Å². The maximum absolute atomic E-state index is 13.1. The van der Waals surface area contributed by atoms with Crippen molar-refractivity contribution in [3.05, 3.63) is 35.2 Å². The molecule has 1 heterocycles. The first-order valence-corrected chi connectivity index (χ1v) is 10.0. The molecule has 0 unspecified atom stereocenters. The van der Waals surface area contributed by atoms with E-state index in [1.807, 2.05) is 6.08 Å². The van der Waals surface area contributed by atoms with Crippen LogP contribution >= 0.6 is 0 Å². The molecule has 3 rings (SSSR count). The standard InChI is InChI=1S/C23H33NO2/c1-7-9-15-20-16(11-22(3,4)13-18(20)25)24(10-8-2)17-12-23(5,6)14-19(26)21(15)17/h8,15H,2,7,9-14H2,1,3-6H3. The molecule has 0 saturated heterocycles. The molecule has 3 aliphatic rings. The Morgan fingerprint density at radius 2 is 1.42 bits per heavy atom. The molecule has 3 heteroatoms. The molecule has 0 radical (unpaired) electrons. The second kappa shape index (κ2) is 6.51. The van der Waals surface area contributed by atoms with Gasteiger partial charge in [0.05, 0.1) is 0 Å². The molecule has 0 atom stereocenters. The zero-order valence-electron chi connectivity index (χ0n) is 17.1. The van der Waals surface area contributed by atoms with Crippen LogP contribution in [0.5, 0.6) is 0 Å². The number of nitrogens with zero attached hydrogens (tertiary/aromatic N) is 1. The molecular weight excluding hydrogens is 322 g/mol. The summed E-state index contributed by atoms with van der Waals surface area (Å²) in [5.41, 5.74) is 4.12. The molecule has 0 bridgehead atoms. The molecule has 0 saturated carbocycles. The first kappa shape index (κ1) is 19.1. The third kappa shape index (κ3) is 3.21. The molecule has 2 aliphatic carbocycles. The SMILES string of the molecule is C=CCN1C2=C(C(=O)CC(C)(C)C2)C(CCC)C2=C1CC(C)(C)CC2=O. The van der Waals surface area contributed by atoms with Gasteiger partial charge in [-0.1, -0.05) is 47.1 Å². The van der Waals surface area contributed by atoms with Gasteiger partial charge in [-0.05, 0) is 30.1 Å². The maximum Gasteiger partial charge on any atom is 0.161 e. The third-order valence-corrected chi connectivity index (χ3v) is 6.03. The van der Waals surface area contributed by atoms with Gasteiger partial charge < -0.3 is 4.90 Å². The van der Waals surface area contributed by atoms with Gasteiger partial charge in [0.15, 0.2) is 11.6 Å². The van der Waals surface area contributed by atoms with Gasteiger partial charge in [0.25, 0.3) is 0 Å². The number of ketones is 2. The molecular formula is C23H33NO2. The van der Waals surface area contributed by atoms with Crippen molar-refractivity contribution in [2.45, 2.75) is 73.1 Å². The van der Waals surface area contributed by atoms with E-state index >= 15 is 0 Å². The molecule has 0 spiro atoms. The van der Waals surface area contributed by atoms with Crippen LogP contribution < -0.4 is 0 Å². The van der Waals surface area contributed by atoms with Crippen molar-refractivity contribution in [3.63, 3.8) is 0 Å². The molecule has 142 valence electrons. The minimum atomic E-state index is -0.0294. The van der Waals surface area contributed by atoms with Crippen LogP contribution in [0.1, 0.15) is 73.1 Å². The maximum atomic E-state index is 13.1. The molecule has 3 nitrogen and oxygen atoms in total. The first-order chi connectivity index (χ1) is 12.1. The van der Waals surface area contributed by atoms with Gasteiger partial charge in [-0.25, -0.2) is 0 Å². The summed E-state index contributed by atoms with van der Waals surface area (Å²) in [4.78, 5) is 28.6. The largest absolute Gasteiger partial charge is 0.344 e. The predicted molar refractivity (Wildman–Crippen MR) is 105 cm³/mol. The summed E-state index contributed by atoms with van der Waals surface area (Å²) in [6, 6.07) is 0. The van der Waals surface area contributed by atoms with Gasteiger partial charge in [0.1, 0.15) is 0 Å². The topological polar surface area (TPSA) is 37.4 Å². The average molecular weight is 356 g/mol. The van der Waals surface area contributed by atoms with Crippen LogP contribution in [-0.2, 0) is 9.59 Å². The van der Waals surface area contributed by atoms with Crippen LogP contribution in [0.2, 0.25) is 0 Å². The molecule has 0 aromatic heterocycles. The fraction of sp³-hybridized carbons (Fsp3) is 0.652. The van der Waals surface area contributed by atoms with Crippen LogP contribution in [0.3, 0.4) is 0 Å². The lowest BCUT2D eigenvalue weighted by molar-refractivity contribution is -0.120. The molecule has 0 N–H and O–H groups in total. The highest BCUT2D eigenvalue weighted by molar-refractivity contribution is 6.05. The van der Waals surface area contributed by atoms with E-state index in [-0.39, 0.29) is 28.3 Å². The van der Waals surface area contributed by atoms with Crippen molar-refractivity contribution in [2.24, 2.45) is 16.7 Å². The van der Waals surface area contributed by atoms with E-state index in [2.05, 4.69) is 46.1 Å². The number of hydrogen-bond acceptors (Lipinski definition) is 3. The lowest BCUT2D eigenvalue weighted by Crippen LogP contribution is -2.45. The summed E-state index contributed by atoms with van der Waals surface area (Å²) < 4.78 is 0. The van der Waals surface area contributed by atoms with E-state index in [0.29, 0.717) is 19.4 Å². The molecule has 0 aromatic carbocycles. The number of carbonyl (C=O) groups excluding carboxylic acids is 2. The van der Waals surface area contributed by atoms with E-state index < -0.39 is 0 Å². The first-order valence-electron chi connectivity index (χ1n) is 10.0. The van der Waals surface area contributed by atoms with E-state index in [4.69, 9.17) is 0 Å². The summed E-state index contributed by atoms with van der Waals surface area (Å²) in [6.07, 6.45) is 6.71. The zero-order chi connectivity index (χ0) is 19.3. The highest BCUT2D eigenvalue weighted by Crippen LogP contribution is 2.52. The molecule has 26 heavy (non-hydrogen) atoms. The minimum Gasteiger partial charge on any atom is -0.344 e. The molecule has 0 fully saturated rings. The van der Waals surface area contributed by atoms with Crippen molar-refractivity contribution in [1.29, 1.82) is 0 Å². The van der Waals surface area contributed by atoms with Crippen molar-refractivity contribution < 1.29 is 9.59 Å². The number of rotatable bonds is 4. The van der Waals surface area contributed by atoms with Crippen LogP contribution in [0.25, 0.3) is 0 Å². The van der Waals surface area contributed by atoms with E-state index in [1.165, 1.54) is 0 Å². The van der Waals surface area contributed by atoms with Crippen LogP contribution in [0.15, 0.2) is 35.2 Å². The number of hydrogen-bond donors (Lipinski definition) is 0. The van der Waals surface area contributed by atoms with E-state index in [9.17, 15) is 9.59 Å². The lowest BCUT2D eigenvalue weighted by Gasteiger charge is -2.48. The summed E-state index contributed by atoms with van der Waals surface area (Å²) in [7, 11) is 0.